The molecule has 0 aliphatic carbocycles. The number of hydrogen-bond donors (Lipinski definition) is 1. The number of nitrogens with one attached hydrogen (secondary N) is 1. The van der Waals surface area contributed by atoms with Crippen LogP contribution in [0.15, 0.2) is 35.2 Å². The lowest BCUT2D eigenvalue weighted by Crippen LogP contribution is -2.42. The van der Waals surface area contributed by atoms with Crippen molar-refractivity contribution in [2.45, 2.75) is 52.4 Å². The second kappa shape index (κ2) is 8.28. The first kappa shape index (κ1) is 21.5. The summed E-state index contributed by atoms with van der Waals surface area (Å²) in [5.74, 6) is -0.211. The van der Waals surface area contributed by atoms with Gasteiger partial charge in [0.2, 0.25) is 15.9 Å². The summed E-state index contributed by atoms with van der Waals surface area (Å²) in [7, 11) is -3.58. The molecule has 0 radical (unpaired) electrons. The summed E-state index contributed by atoms with van der Waals surface area (Å²) in [5.41, 5.74) is 5.43. The molecule has 2 aromatic rings. The summed E-state index contributed by atoms with van der Waals surface area (Å²) in [5, 5.41) is 2.99. The number of rotatable bonds is 4. The normalized spacial score (nSPS) is 16.0. The van der Waals surface area contributed by atoms with E-state index < -0.39 is 10.0 Å². The Kier molecular flexibility index (Phi) is 6.15. The highest BCUT2D eigenvalue weighted by Gasteiger charge is 2.34. The van der Waals surface area contributed by atoms with E-state index in [0.29, 0.717) is 30.8 Å². The molecular formula is C23H30N2O3S. The van der Waals surface area contributed by atoms with Gasteiger partial charge in [0.25, 0.3) is 0 Å². The van der Waals surface area contributed by atoms with E-state index in [2.05, 4.69) is 5.32 Å². The van der Waals surface area contributed by atoms with Crippen molar-refractivity contribution < 1.29 is 13.2 Å². The van der Waals surface area contributed by atoms with Crippen molar-refractivity contribution in [3.8, 4) is 0 Å². The number of piperidine rings is 1. The number of carbonyl (C=O) groups is 1. The first-order valence-electron chi connectivity index (χ1n) is 10.1. The highest BCUT2D eigenvalue weighted by molar-refractivity contribution is 7.89. The molecule has 1 aliphatic heterocycles. The minimum Gasteiger partial charge on any atom is -0.326 e. The number of aryl methyl sites for hydroxylation is 3. The van der Waals surface area contributed by atoms with Gasteiger partial charge in [-0.05, 0) is 81.3 Å². The van der Waals surface area contributed by atoms with Crippen LogP contribution in [-0.4, -0.2) is 31.7 Å². The van der Waals surface area contributed by atoms with Crippen molar-refractivity contribution in [2.75, 3.05) is 18.4 Å². The van der Waals surface area contributed by atoms with Crippen molar-refractivity contribution in [1.82, 2.24) is 4.31 Å². The van der Waals surface area contributed by atoms with Crippen LogP contribution in [0.25, 0.3) is 0 Å². The van der Waals surface area contributed by atoms with Gasteiger partial charge in [-0.3, -0.25) is 4.79 Å². The van der Waals surface area contributed by atoms with E-state index in [0.717, 1.165) is 33.5 Å². The van der Waals surface area contributed by atoms with Crippen molar-refractivity contribution in [2.24, 2.45) is 5.92 Å². The van der Waals surface area contributed by atoms with Crippen LogP contribution in [0.3, 0.4) is 0 Å². The average Bonchev–Trinajstić information content (AvgIpc) is 2.68. The highest BCUT2D eigenvalue weighted by Crippen LogP contribution is 2.31. The fourth-order valence-corrected chi connectivity index (χ4v) is 6.05. The third-order valence-electron chi connectivity index (χ3n) is 6.12. The number of benzene rings is 2. The van der Waals surface area contributed by atoms with Gasteiger partial charge in [-0.25, -0.2) is 8.42 Å². The molecule has 6 heteroatoms. The minimum absolute atomic E-state index is 0.0323. The Morgan fingerprint density at radius 2 is 1.48 bits per heavy atom. The lowest BCUT2D eigenvalue weighted by atomic mass is 9.97. The van der Waals surface area contributed by atoms with E-state index in [1.165, 1.54) is 0 Å². The third-order valence-corrected chi connectivity index (χ3v) is 8.30. The van der Waals surface area contributed by atoms with Gasteiger partial charge in [-0.15, -0.1) is 0 Å². The zero-order chi connectivity index (χ0) is 21.3. The van der Waals surface area contributed by atoms with Gasteiger partial charge < -0.3 is 5.32 Å². The summed E-state index contributed by atoms with van der Waals surface area (Å²) in [6.45, 7) is 10.3. The molecule has 5 nitrogen and oxygen atoms in total. The van der Waals surface area contributed by atoms with Crippen LogP contribution in [0.2, 0.25) is 0 Å². The molecule has 0 saturated carbocycles. The number of nitrogens with zero attached hydrogens (tertiary/aromatic N) is 1. The van der Waals surface area contributed by atoms with E-state index in [-0.39, 0.29) is 11.8 Å². The van der Waals surface area contributed by atoms with Gasteiger partial charge in [0, 0.05) is 24.7 Å². The van der Waals surface area contributed by atoms with Gasteiger partial charge in [0.15, 0.2) is 0 Å². The predicted octanol–water partition coefficient (Wildman–Crippen LogP) is 4.27. The number of carbonyl (C=O) groups excluding carboxylic acids is 1. The number of anilines is 1. The third kappa shape index (κ3) is 4.23. The largest absolute Gasteiger partial charge is 0.326 e. The quantitative estimate of drug-likeness (QED) is 0.812. The summed E-state index contributed by atoms with van der Waals surface area (Å²) in [6, 6.07) is 9.71. The molecule has 0 bridgehead atoms. The molecule has 0 atom stereocenters. The topological polar surface area (TPSA) is 66.5 Å². The first-order chi connectivity index (χ1) is 13.6. The molecule has 1 saturated heterocycles. The number of amides is 1. The Balaban J connectivity index is 1.74. The number of para-hydroxylation sites is 1. The summed E-state index contributed by atoms with van der Waals surface area (Å²) >= 11 is 0. The van der Waals surface area contributed by atoms with Crippen LogP contribution < -0.4 is 5.32 Å². The monoisotopic (exact) mass is 414 g/mol. The maximum atomic E-state index is 13.4. The molecule has 0 aromatic heterocycles. The summed E-state index contributed by atoms with van der Waals surface area (Å²) in [4.78, 5) is 13.1. The van der Waals surface area contributed by atoms with Crippen LogP contribution in [0.4, 0.5) is 5.69 Å². The van der Waals surface area contributed by atoms with Crippen molar-refractivity contribution in [3.05, 3.63) is 58.1 Å². The van der Waals surface area contributed by atoms with Gasteiger partial charge >= 0.3 is 0 Å². The molecule has 1 amide bonds. The van der Waals surface area contributed by atoms with Gasteiger partial charge in [0.05, 0.1) is 4.90 Å². The molecule has 0 unspecified atom stereocenters. The molecule has 2 aromatic carbocycles. The maximum Gasteiger partial charge on any atom is 0.243 e. The van der Waals surface area contributed by atoms with Gasteiger partial charge in [-0.1, -0.05) is 24.3 Å². The second-order valence-electron chi connectivity index (χ2n) is 8.07. The SMILES string of the molecule is Cc1ccccc1NC(=O)C1CCN(S(=O)(=O)c2c(C)c(C)cc(C)c2C)CC1. The fraction of sp³-hybridized carbons (Fsp3) is 0.435. The van der Waals surface area contributed by atoms with E-state index in [4.69, 9.17) is 0 Å². The highest BCUT2D eigenvalue weighted by atomic mass is 32.2. The molecule has 0 spiro atoms. The zero-order valence-corrected chi connectivity index (χ0v) is 18.7. The smallest absolute Gasteiger partial charge is 0.243 e. The van der Waals surface area contributed by atoms with Crippen LogP contribution in [-0.2, 0) is 14.8 Å². The molecule has 1 fully saturated rings. The average molecular weight is 415 g/mol. The van der Waals surface area contributed by atoms with E-state index in [1.807, 2.05) is 65.0 Å². The van der Waals surface area contributed by atoms with Crippen molar-refractivity contribution in [3.63, 3.8) is 0 Å². The zero-order valence-electron chi connectivity index (χ0n) is 17.9. The van der Waals surface area contributed by atoms with Gasteiger partial charge in [-0.2, -0.15) is 4.31 Å². The summed E-state index contributed by atoms with van der Waals surface area (Å²) in [6.07, 6.45) is 1.06. The molecule has 29 heavy (non-hydrogen) atoms. The first-order valence-corrected chi connectivity index (χ1v) is 11.5. The Morgan fingerprint density at radius 3 is 2.03 bits per heavy atom. The lowest BCUT2D eigenvalue weighted by Gasteiger charge is -2.32. The maximum absolute atomic E-state index is 13.4. The molecular weight excluding hydrogens is 384 g/mol. The van der Waals surface area contributed by atoms with Crippen LogP contribution in [0.5, 0.6) is 0 Å². The van der Waals surface area contributed by atoms with E-state index in [1.54, 1.807) is 4.31 Å². The second-order valence-corrected chi connectivity index (χ2v) is 9.95. The molecule has 3 rings (SSSR count). The van der Waals surface area contributed by atoms with E-state index >= 15 is 0 Å². The van der Waals surface area contributed by atoms with E-state index in [9.17, 15) is 13.2 Å². The molecule has 156 valence electrons. The number of sulfonamides is 1. The Bertz CT molecular complexity index is 1010. The molecule has 1 heterocycles. The van der Waals surface area contributed by atoms with Gasteiger partial charge in [0.1, 0.15) is 0 Å². The Labute approximate surface area is 174 Å². The number of hydrogen-bond acceptors (Lipinski definition) is 3. The van der Waals surface area contributed by atoms with Crippen LogP contribution in [0, 0.1) is 40.5 Å². The van der Waals surface area contributed by atoms with Crippen LogP contribution >= 0.6 is 0 Å². The standard InChI is InChI=1S/C23H30N2O3S/c1-15-8-6-7-9-21(15)24-23(26)20-10-12-25(13-11-20)29(27,28)22-18(4)16(2)14-17(3)19(22)5/h6-9,14,20H,10-13H2,1-5H3,(H,24,26). The Hall–Kier alpha value is -2.18. The molecule has 1 N–H and O–H groups in total. The predicted molar refractivity (Wildman–Crippen MR) is 117 cm³/mol. The Morgan fingerprint density at radius 1 is 0.931 bits per heavy atom. The summed E-state index contributed by atoms with van der Waals surface area (Å²) < 4.78 is 28.3. The molecule has 1 aliphatic rings. The van der Waals surface area contributed by atoms with Crippen molar-refractivity contribution in [1.29, 1.82) is 0 Å². The van der Waals surface area contributed by atoms with Crippen LogP contribution in [0.1, 0.15) is 40.7 Å². The fourth-order valence-electron chi connectivity index (χ4n) is 4.00. The van der Waals surface area contributed by atoms with Crippen molar-refractivity contribution >= 4 is 21.6 Å². The lowest BCUT2D eigenvalue weighted by molar-refractivity contribution is -0.120. The minimum atomic E-state index is -3.58.